The van der Waals surface area contributed by atoms with Gasteiger partial charge in [-0.2, -0.15) is 0 Å². The van der Waals surface area contributed by atoms with Crippen LogP contribution >= 0.6 is 0 Å². The summed E-state index contributed by atoms with van der Waals surface area (Å²) in [5, 5.41) is 19.6. The van der Waals surface area contributed by atoms with Crippen molar-refractivity contribution in [1.82, 2.24) is 0 Å². The average Bonchev–Trinajstić information content (AvgIpc) is 2.59. The maximum atomic E-state index is 9.79. The third kappa shape index (κ3) is 3.35. The van der Waals surface area contributed by atoms with Crippen LogP contribution in [0.4, 0.5) is 0 Å². The van der Waals surface area contributed by atoms with E-state index in [4.69, 9.17) is 4.74 Å². The number of hydrogen-bond donors (Lipinski definition) is 2. The monoisotopic (exact) mass is 320 g/mol. The average molecular weight is 320 g/mol. The maximum Gasteiger partial charge on any atom is 0.134 e. The van der Waals surface area contributed by atoms with Crippen molar-refractivity contribution in [2.24, 2.45) is 0 Å². The fourth-order valence-corrected chi connectivity index (χ4v) is 2.70. The van der Waals surface area contributed by atoms with Crippen molar-refractivity contribution in [2.45, 2.75) is 13.3 Å². The lowest BCUT2D eigenvalue weighted by atomic mass is 9.97. The molecule has 3 aromatic rings. The summed E-state index contributed by atoms with van der Waals surface area (Å²) in [6.07, 6.45) is 0.897. The van der Waals surface area contributed by atoms with Crippen LogP contribution in [0.1, 0.15) is 13.3 Å². The lowest BCUT2D eigenvalue weighted by Gasteiger charge is -2.16. The van der Waals surface area contributed by atoms with E-state index in [0.29, 0.717) is 6.61 Å². The zero-order chi connectivity index (χ0) is 16.9. The lowest BCUT2D eigenvalue weighted by molar-refractivity contribution is 0.320. The van der Waals surface area contributed by atoms with Crippen molar-refractivity contribution in [3.05, 3.63) is 66.7 Å². The predicted octanol–water partition coefficient (Wildman–Crippen LogP) is 5.22. The molecule has 0 radical (unpaired) electrons. The Balaban J connectivity index is 2.17. The van der Waals surface area contributed by atoms with Crippen molar-refractivity contribution in [3.8, 4) is 39.5 Å². The van der Waals surface area contributed by atoms with Crippen molar-refractivity contribution >= 4 is 0 Å². The Hall–Kier alpha value is -2.94. The van der Waals surface area contributed by atoms with Gasteiger partial charge in [0.05, 0.1) is 6.61 Å². The van der Waals surface area contributed by atoms with E-state index in [0.717, 1.165) is 34.4 Å². The van der Waals surface area contributed by atoms with E-state index in [-0.39, 0.29) is 11.5 Å². The SMILES string of the molecule is CCCOc1c(-c2cccc(O)c2)cccc1-c1cccc(O)c1. The number of ether oxygens (including phenoxy) is 1. The van der Waals surface area contributed by atoms with Crippen LogP contribution in [0.3, 0.4) is 0 Å². The van der Waals surface area contributed by atoms with Crippen LogP contribution in [0.25, 0.3) is 22.3 Å². The molecule has 0 heterocycles. The Morgan fingerprint density at radius 2 is 1.25 bits per heavy atom. The van der Waals surface area contributed by atoms with Gasteiger partial charge in [-0.15, -0.1) is 0 Å². The topological polar surface area (TPSA) is 49.7 Å². The summed E-state index contributed by atoms with van der Waals surface area (Å²) in [5.41, 5.74) is 3.62. The largest absolute Gasteiger partial charge is 0.508 e. The van der Waals surface area contributed by atoms with Gasteiger partial charge in [-0.05, 0) is 41.8 Å². The summed E-state index contributed by atoms with van der Waals surface area (Å²) in [6, 6.07) is 20.2. The van der Waals surface area contributed by atoms with Crippen LogP contribution in [-0.4, -0.2) is 16.8 Å². The Morgan fingerprint density at radius 1 is 0.750 bits per heavy atom. The third-order valence-corrected chi connectivity index (χ3v) is 3.78. The molecule has 0 spiro atoms. The van der Waals surface area contributed by atoms with Crippen molar-refractivity contribution < 1.29 is 14.9 Å². The van der Waals surface area contributed by atoms with Gasteiger partial charge in [-0.1, -0.05) is 49.4 Å². The standard InChI is InChI=1S/C21H20O3/c1-2-12-24-21-19(15-6-3-8-17(22)13-15)10-5-11-20(21)16-7-4-9-18(23)14-16/h3-11,13-14,22-23H,2,12H2,1H3. The molecule has 3 aromatic carbocycles. The van der Waals surface area contributed by atoms with Gasteiger partial charge in [0, 0.05) is 11.1 Å². The summed E-state index contributed by atoms with van der Waals surface area (Å²) in [6.45, 7) is 2.66. The highest BCUT2D eigenvalue weighted by Crippen LogP contribution is 2.40. The number of benzene rings is 3. The van der Waals surface area contributed by atoms with E-state index in [1.165, 1.54) is 0 Å². The van der Waals surface area contributed by atoms with Gasteiger partial charge >= 0.3 is 0 Å². The number of hydrogen-bond acceptors (Lipinski definition) is 3. The molecule has 3 rings (SSSR count). The second kappa shape index (κ2) is 7.09. The fourth-order valence-electron chi connectivity index (χ4n) is 2.70. The molecule has 0 bridgehead atoms. The molecule has 24 heavy (non-hydrogen) atoms. The Kier molecular flexibility index (Phi) is 4.71. The van der Waals surface area contributed by atoms with Gasteiger partial charge in [0.1, 0.15) is 17.2 Å². The number of aromatic hydroxyl groups is 2. The van der Waals surface area contributed by atoms with Crippen LogP contribution in [0.5, 0.6) is 17.2 Å². The Bertz CT molecular complexity index is 776. The maximum absolute atomic E-state index is 9.79. The van der Waals surface area contributed by atoms with Gasteiger partial charge in [-0.25, -0.2) is 0 Å². The van der Waals surface area contributed by atoms with Gasteiger partial charge in [-0.3, -0.25) is 0 Å². The van der Waals surface area contributed by atoms with Crippen LogP contribution in [-0.2, 0) is 0 Å². The van der Waals surface area contributed by atoms with E-state index in [9.17, 15) is 10.2 Å². The Morgan fingerprint density at radius 3 is 1.71 bits per heavy atom. The smallest absolute Gasteiger partial charge is 0.134 e. The summed E-state index contributed by atoms with van der Waals surface area (Å²) < 4.78 is 6.04. The van der Waals surface area contributed by atoms with Gasteiger partial charge < -0.3 is 14.9 Å². The molecule has 0 fully saturated rings. The van der Waals surface area contributed by atoms with E-state index < -0.39 is 0 Å². The molecule has 2 N–H and O–H groups in total. The first-order chi connectivity index (χ1) is 11.7. The molecule has 0 aliphatic heterocycles. The van der Waals surface area contributed by atoms with Crippen LogP contribution in [0, 0.1) is 0 Å². The molecule has 122 valence electrons. The molecule has 0 saturated carbocycles. The van der Waals surface area contributed by atoms with Crippen LogP contribution < -0.4 is 4.74 Å². The minimum atomic E-state index is 0.219. The van der Waals surface area contributed by atoms with Crippen LogP contribution in [0.15, 0.2) is 66.7 Å². The van der Waals surface area contributed by atoms with Crippen molar-refractivity contribution in [2.75, 3.05) is 6.61 Å². The molecule has 0 unspecified atom stereocenters. The number of phenolic OH excluding ortho intramolecular Hbond substituents is 2. The highest BCUT2D eigenvalue weighted by Gasteiger charge is 2.14. The number of para-hydroxylation sites is 1. The zero-order valence-corrected chi connectivity index (χ0v) is 13.6. The van der Waals surface area contributed by atoms with Crippen LogP contribution in [0.2, 0.25) is 0 Å². The van der Waals surface area contributed by atoms with Gasteiger partial charge in [0.15, 0.2) is 0 Å². The first-order valence-corrected chi connectivity index (χ1v) is 8.03. The van der Waals surface area contributed by atoms with Crippen molar-refractivity contribution in [3.63, 3.8) is 0 Å². The number of rotatable bonds is 5. The molecular weight excluding hydrogens is 300 g/mol. The van der Waals surface area contributed by atoms with E-state index in [2.05, 4.69) is 6.92 Å². The third-order valence-electron chi connectivity index (χ3n) is 3.78. The molecule has 0 atom stereocenters. The lowest BCUT2D eigenvalue weighted by Crippen LogP contribution is -1.99. The summed E-state index contributed by atoms with van der Waals surface area (Å²) >= 11 is 0. The van der Waals surface area contributed by atoms with E-state index in [1.807, 2.05) is 42.5 Å². The fraction of sp³-hybridized carbons (Fsp3) is 0.143. The first-order valence-electron chi connectivity index (χ1n) is 8.03. The molecule has 0 amide bonds. The molecule has 0 saturated heterocycles. The summed E-state index contributed by atoms with van der Waals surface area (Å²) in [4.78, 5) is 0. The summed E-state index contributed by atoms with van der Waals surface area (Å²) in [7, 11) is 0. The predicted molar refractivity (Wildman–Crippen MR) is 96.4 cm³/mol. The molecule has 0 aliphatic carbocycles. The second-order valence-electron chi connectivity index (χ2n) is 5.63. The second-order valence-corrected chi connectivity index (χ2v) is 5.63. The molecule has 3 heteroatoms. The zero-order valence-electron chi connectivity index (χ0n) is 13.6. The molecule has 0 aliphatic rings. The first kappa shape index (κ1) is 15.9. The Labute approximate surface area is 141 Å². The normalized spacial score (nSPS) is 10.5. The molecule has 3 nitrogen and oxygen atoms in total. The quantitative estimate of drug-likeness (QED) is 0.677. The minimum Gasteiger partial charge on any atom is -0.508 e. The highest BCUT2D eigenvalue weighted by molar-refractivity contribution is 5.83. The molecule has 0 aromatic heterocycles. The van der Waals surface area contributed by atoms with Gasteiger partial charge in [0.25, 0.3) is 0 Å². The van der Waals surface area contributed by atoms with Gasteiger partial charge in [0.2, 0.25) is 0 Å². The number of phenols is 2. The minimum absolute atomic E-state index is 0.219. The van der Waals surface area contributed by atoms with Crippen molar-refractivity contribution in [1.29, 1.82) is 0 Å². The summed E-state index contributed by atoms with van der Waals surface area (Å²) in [5.74, 6) is 1.20. The van der Waals surface area contributed by atoms with E-state index >= 15 is 0 Å². The highest BCUT2D eigenvalue weighted by atomic mass is 16.5. The molecular formula is C21H20O3. The van der Waals surface area contributed by atoms with E-state index in [1.54, 1.807) is 24.3 Å².